The number of fused-ring (bicyclic) bond motifs is 1. The van der Waals surface area contributed by atoms with E-state index in [2.05, 4.69) is 32.8 Å². The van der Waals surface area contributed by atoms with Crippen LogP contribution in [0.4, 0.5) is 33.3 Å². The SMILES string of the molecule is CNC(=O)c1cc(NCC#Cc2nc3c(N[C@@H]4CCN(C)C[C@@H]4F)cccn3c2SC(F)(F)F)c(OC)cc1F. The average Bonchev–Trinajstić information content (AvgIpc) is 3.24. The number of nitrogens with zero attached hydrogens (tertiary/aromatic N) is 3. The molecule has 14 heteroatoms. The summed E-state index contributed by atoms with van der Waals surface area (Å²) in [6, 6.07) is 4.98. The van der Waals surface area contributed by atoms with Gasteiger partial charge < -0.3 is 25.6 Å². The predicted octanol–water partition coefficient (Wildman–Crippen LogP) is 4.37. The van der Waals surface area contributed by atoms with Crippen LogP contribution in [0.5, 0.6) is 5.75 Å². The first-order valence-electron chi connectivity index (χ1n) is 12.2. The molecule has 3 N–H and O–H groups in total. The van der Waals surface area contributed by atoms with Crippen molar-refractivity contribution < 1.29 is 31.5 Å². The van der Waals surface area contributed by atoms with Gasteiger partial charge in [0.05, 0.1) is 36.6 Å². The third-order valence-electron chi connectivity index (χ3n) is 6.24. The summed E-state index contributed by atoms with van der Waals surface area (Å²) >= 11 is -0.348. The van der Waals surface area contributed by atoms with E-state index in [9.17, 15) is 26.7 Å². The Morgan fingerprint density at radius 1 is 1.30 bits per heavy atom. The number of ether oxygens (including phenoxy) is 1. The summed E-state index contributed by atoms with van der Waals surface area (Å²) in [7, 11) is 4.51. The van der Waals surface area contributed by atoms with Crippen LogP contribution in [0.2, 0.25) is 0 Å². The van der Waals surface area contributed by atoms with Crippen molar-refractivity contribution in [1.82, 2.24) is 19.6 Å². The fourth-order valence-corrected chi connectivity index (χ4v) is 4.96. The molecule has 3 heterocycles. The molecule has 40 heavy (non-hydrogen) atoms. The van der Waals surface area contributed by atoms with Gasteiger partial charge in [0.15, 0.2) is 5.65 Å². The summed E-state index contributed by atoms with van der Waals surface area (Å²) in [4.78, 5) is 18.2. The van der Waals surface area contributed by atoms with E-state index in [1.165, 1.54) is 30.8 Å². The number of thioether (sulfide) groups is 1. The molecular weight excluding hydrogens is 555 g/mol. The van der Waals surface area contributed by atoms with E-state index in [4.69, 9.17) is 4.74 Å². The summed E-state index contributed by atoms with van der Waals surface area (Å²) in [6.07, 6.45) is 0.808. The Labute approximate surface area is 231 Å². The minimum atomic E-state index is -4.61. The quantitative estimate of drug-likeness (QED) is 0.217. The molecule has 1 aromatic carbocycles. The van der Waals surface area contributed by atoms with Crippen LogP contribution in [0.15, 0.2) is 35.5 Å². The number of alkyl halides is 4. The molecule has 1 fully saturated rings. The lowest BCUT2D eigenvalue weighted by Crippen LogP contribution is -2.46. The van der Waals surface area contributed by atoms with E-state index in [-0.39, 0.29) is 58.2 Å². The zero-order valence-electron chi connectivity index (χ0n) is 21.8. The molecule has 2 atom stereocenters. The maximum atomic E-state index is 14.6. The summed E-state index contributed by atoms with van der Waals surface area (Å²) in [5.41, 5.74) is -4.09. The van der Waals surface area contributed by atoms with Gasteiger partial charge >= 0.3 is 5.51 Å². The van der Waals surface area contributed by atoms with Crippen molar-refractivity contribution in [3.63, 3.8) is 0 Å². The number of nitrogens with one attached hydrogen (secondary N) is 3. The predicted molar refractivity (Wildman–Crippen MR) is 143 cm³/mol. The number of amides is 1. The van der Waals surface area contributed by atoms with Crippen molar-refractivity contribution in [2.75, 3.05) is 51.5 Å². The van der Waals surface area contributed by atoms with Gasteiger partial charge in [-0.05, 0) is 37.6 Å². The Morgan fingerprint density at radius 3 is 2.75 bits per heavy atom. The molecule has 1 aliphatic rings. The molecule has 1 saturated heterocycles. The smallest absolute Gasteiger partial charge is 0.447 e. The van der Waals surface area contributed by atoms with Crippen molar-refractivity contribution in [3.05, 3.63) is 47.5 Å². The molecule has 0 unspecified atom stereocenters. The van der Waals surface area contributed by atoms with E-state index < -0.39 is 29.4 Å². The fourth-order valence-electron chi connectivity index (χ4n) is 4.30. The summed E-state index contributed by atoms with van der Waals surface area (Å²) in [5, 5.41) is 8.10. The van der Waals surface area contributed by atoms with E-state index >= 15 is 0 Å². The summed E-state index contributed by atoms with van der Waals surface area (Å²) in [6.45, 7) is 0.846. The minimum Gasteiger partial charge on any atom is -0.494 e. The second kappa shape index (κ2) is 12.2. The standard InChI is InChI=1S/C26H27F5N6O2S/c1-32-24(38)15-12-21(22(39-3)13-16(15)27)33-9-4-6-20-25(40-26(29,30)31)37-10-5-7-19(23(37)35-20)34-18-8-11-36(2)14-17(18)28/h5,7,10,12-13,17-18,33-34H,8-9,11,14H2,1-3H3,(H,32,38)/t17-,18+/m0/s1. The van der Waals surface area contributed by atoms with Crippen LogP contribution in [0.25, 0.3) is 5.65 Å². The largest absolute Gasteiger partial charge is 0.494 e. The Hall–Kier alpha value is -3.70. The molecule has 3 aromatic rings. The molecule has 1 amide bonds. The molecule has 0 aliphatic carbocycles. The van der Waals surface area contributed by atoms with Gasteiger partial charge in [-0.15, -0.1) is 0 Å². The molecule has 0 saturated carbocycles. The molecule has 1 aliphatic heterocycles. The highest BCUT2D eigenvalue weighted by atomic mass is 32.2. The number of pyridine rings is 1. The average molecular weight is 583 g/mol. The first-order valence-corrected chi connectivity index (χ1v) is 13.0. The number of halogens is 5. The van der Waals surface area contributed by atoms with Crippen LogP contribution in [-0.2, 0) is 0 Å². The van der Waals surface area contributed by atoms with Gasteiger partial charge in [0.2, 0.25) is 0 Å². The Balaban J connectivity index is 1.63. The van der Waals surface area contributed by atoms with Gasteiger partial charge in [-0.2, -0.15) is 13.2 Å². The molecule has 2 aromatic heterocycles. The van der Waals surface area contributed by atoms with Crippen LogP contribution < -0.4 is 20.7 Å². The first-order chi connectivity index (χ1) is 19.0. The topological polar surface area (TPSA) is 82.9 Å². The maximum Gasteiger partial charge on any atom is 0.447 e. The third-order valence-corrected chi connectivity index (χ3v) is 7.05. The van der Waals surface area contributed by atoms with Gasteiger partial charge in [-0.3, -0.25) is 9.20 Å². The molecule has 0 radical (unpaired) electrons. The molecular formula is C26H27F5N6O2S. The molecule has 0 bridgehead atoms. The zero-order chi connectivity index (χ0) is 29.0. The highest BCUT2D eigenvalue weighted by Crippen LogP contribution is 2.39. The van der Waals surface area contributed by atoms with Crippen molar-refractivity contribution in [1.29, 1.82) is 0 Å². The van der Waals surface area contributed by atoms with Gasteiger partial charge in [-0.25, -0.2) is 13.8 Å². The van der Waals surface area contributed by atoms with Gasteiger partial charge in [0, 0.05) is 44.2 Å². The maximum absolute atomic E-state index is 14.6. The number of piperidine rings is 1. The van der Waals surface area contributed by atoms with Gasteiger partial charge in [0.1, 0.15) is 28.5 Å². The monoisotopic (exact) mass is 582 g/mol. The molecule has 214 valence electrons. The number of imidazole rings is 1. The number of carbonyl (C=O) groups is 1. The van der Waals surface area contributed by atoms with E-state index in [1.54, 1.807) is 12.1 Å². The van der Waals surface area contributed by atoms with Crippen molar-refractivity contribution in [2.45, 2.75) is 29.2 Å². The lowest BCUT2D eigenvalue weighted by atomic mass is 10.0. The number of rotatable bonds is 7. The highest BCUT2D eigenvalue weighted by molar-refractivity contribution is 8.00. The van der Waals surface area contributed by atoms with Crippen LogP contribution in [-0.4, -0.2) is 78.8 Å². The zero-order valence-corrected chi connectivity index (χ0v) is 22.6. The second-order valence-electron chi connectivity index (χ2n) is 9.01. The molecule has 8 nitrogen and oxygen atoms in total. The normalized spacial score (nSPS) is 17.7. The van der Waals surface area contributed by atoms with Crippen molar-refractivity contribution in [3.8, 4) is 17.6 Å². The number of methoxy groups -OCH3 is 1. The van der Waals surface area contributed by atoms with Crippen molar-refractivity contribution in [2.24, 2.45) is 0 Å². The molecule has 0 spiro atoms. The van der Waals surface area contributed by atoms with Gasteiger partial charge in [0.25, 0.3) is 5.91 Å². The van der Waals surface area contributed by atoms with E-state index in [1.807, 2.05) is 11.9 Å². The number of benzene rings is 1. The van der Waals surface area contributed by atoms with Crippen LogP contribution in [0.3, 0.4) is 0 Å². The Morgan fingerprint density at radius 2 is 2.08 bits per heavy atom. The lowest BCUT2D eigenvalue weighted by Gasteiger charge is -2.33. The number of carbonyl (C=O) groups excluding carboxylic acids is 1. The number of likely N-dealkylation sites (tertiary alicyclic amines) is 1. The number of hydrogen-bond acceptors (Lipinski definition) is 7. The Kier molecular flexibility index (Phi) is 8.95. The highest BCUT2D eigenvalue weighted by Gasteiger charge is 2.34. The number of hydrogen-bond donors (Lipinski definition) is 3. The minimum absolute atomic E-state index is 0.0800. The van der Waals surface area contributed by atoms with Crippen molar-refractivity contribution >= 4 is 34.7 Å². The van der Waals surface area contributed by atoms with Crippen LogP contribution in [0, 0.1) is 17.7 Å². The van der Waals surface area contributed by atoms with Crippen LogP contribution in [0.1, 0.15) is 22.5 Å². The van der Waals surface area contributed by atoms with E-state index in [0.29, 0.717) is 18.7 Å². The number of anilines is 2. The fraction of sp³-hybridized carbons (Fsp3) is 0.385. The first kappa shape index (κ1) is 29.3. The Bertz CT molecular complexity index is 1450. The summed E-state index contributed by atoms with van der Waals surface area (Å²) < 4.78 is 75.7. The lowest BCUT2D eigenvalue weighted by molar-refractivity contribution is -0.0330. The molecule has 4 rings (SSSR count). The third kappa shape index (κ3) is 6.71. The van der Waals surface area contributed by atoms with E-state index in [0.717, 1.165) is 6.07 Å². The van der Waals surface area contributed by atoms with Crippen LogP contribution >= 0.6 is 11.8 Å². The van der Waals surface area contributed by atoms with Gasteiger partial charge in [-0.1, -0.05) is 5.92 Å². The summed E-state index contributed by atoms with van der Waals surface area (Å²) in [5.74, 6) is 4.09. The second-order valence-corrected chi connectivity index (χ2v) is 10.1. The number of aromatic nitrogens is 2.